The molecule has 3 atom stereocenters. The first-order valence-electron chi connectivity index (χ1n) is 8.28. The SMILES string of the molecule is CCC(CC1CC1)NC(=O)CC1CC2CCC(C1)N2. The molecule has 0 aromatic rings. The molecule has 2 saturated heterocycles. The van der Waals surface area contributed by atoms with Crippen LogP contribution in [-0.2, 0) is 4.79 Å². The Hall–Kier alpha value is -0.570. The van der Waals surface area contributed by atoms with Crippen molar-refractivity contribution < 1.29 is 4.79 Å². The van der Waals surface area contributed by atoms with Gasteiger partial charge in [-0.15, -0.1) is 0 Å². The molecule has 1 amide bonds. The molecule has 2 N–H and O–H groups in total. The molecule has 3 rings (SSSR count). The topological polar surface area (TPSA) is 41.1 Å². The third-order valence-electron chi connectivity index (χ3n) is 5.22. The molecule has 1 aliphatic carbocycles. The number of fused-ring (bicyclic) bond motifs is 2. The summed E-state index contributed by atoms with van der Waals surface area (Å²) in [6.45, 7) is 2.19. The van der Waals surface area contributed by atoms with Crippen LogP contribution in [0.15, 0.2) is 0 Å². The van der Waals surface area contributed by atoms with E-state index in [2.05, 4.69) is 17.6 Å². The lowest BCUT2D eigenvalue weighted by Gasteiger charge is -2.29. The van der Waals surface area contributed by atoms with Crippen molar-refractivity contribution in [1.82, 2.24) is 10.6 Å². The van der Waals surface area contributed by atoms with Gasteiger partial charge in [-0.25, -0.2) is 0 Å². The summed E-state index contributed by atoms with van der Waals surface area (Å²) in [5.74, 6) is 1.83. The number of carbonyl (C=O) groups excluding carboxylic acids is 1. The zero-order valence-corrected chi connectivity index (χ0v) is 12.2. The number of nitrogens with one attached hydrogen (secondary N) is 2. The van der Waals surface area contributed by atoms with E-state index in [1.165, 1.54) is 44.9 Å². The van der Waals surface area contributed by atoms with Gasteiger partial charge in [-0.3, -0.25) is 4.79 Å². The highest BCUT2D eigenvalue weighted by Crippen LogP contribution is 2.35. The summed E-state index contributed by atoms with van der Waals surface area (Å²) in [6, 6.07) is 1.83. The third kappa shape index (κ3) is 3.71. The lowest BCUT2D eigenvalue weighted by Crippen LogP contribution is -2.41. The van der Waals surface area contributed by atoms with Gasteiger partial charge in [0.15, 0.2) is 0 Å². The largest absolute Gasteiger partial charge is 0.353 e. The van der Waals surface area contributed by atoms with E-state index < -0.39 is 0 Å². The monoisotopic (exact) mass is 264 g/mol. The Kier molecular flexibility index (Phi) is 4.11. The molecule has 2 bridgehead atoms. The molecule has 1 saturated carbocycles. The number of hydrogen-bond donors (Lipinski definition) is 2. The second-order valence-corrected chi connectivity index (χ2v) is 7.03. The average Bonchev–Trinajstić information content (AvgIpc) is 3.13. The second-order valence-electron chi connectivity index (χ2n) is 7.03. The van der Waals surface area contributed by atoms with Crippen LogP contribution < -0.4 is 10.6 Å². The summed E-state index contributed by atoms with van der Waals surface area (Å²) in [6.07, 6.45) is 10.9. The van der Waals surface area contributed by atoms with Crippen molar-refractivity contribution in [1.29, 1.82) is 0 Å². The summed E-state index contributed by atoms with van der Waals surface area (Å²) in [7, 11) is 0. The first-order chi connectivity index (χ1) is 9.22. The molecule has 3 fully saturated rings. The van der Waals surface area contributed by atoms with E-state index in [9.17, 15) is 4.79 Å². The molecule has 2 heterocycles. The Morgan fingerprint density at radius 1 is 1.16 bits per heavy atom. The molecule has 3 unspecified atom stereocenters. The van der Waals surface area contributed by atoms with Crippen molar-refractivity contribution in [2.75, 3.05) is 0 Å². The van der Waals surface area contributed by atoms with Gasteiger partial charge >= 0.3 is 0 Å². The minimum atomic E-state index is 0.304. The van der Waals surface area contributed by atoms with Gasteiger partial charge in [-0.05, 0) is 50.4 Å². The number of amides is 1. The van der Waals surface area contributed by atoms with E-state index in [1.54, 1.807) is 0 Å². The van der Waals surface area contributed by atoms with E-state index in [4.69, 9.17) is 0 Å². The molecule has 0 aromatic carbocycles. The molecule has 2 aliphatic heterocycles. The van der Waals surface area contributed by atoms with Crippen molar-refractivity contribution in [3.8, 4) is 0 Å². The van der Waals surface area contributed by atoms with Crippen LogP contribution in [0.4, 0.5) is 0 Å². The first kappa shape index (κ1) is 13.4. The Morgan fingerprint density at radius 3 is 2.42 bits per heavy atom. The van der Waals surface area contributed by atoms with Gasteiger partial charge in [0.1, 0.15) is 0 Å². The Morgan fingerprint density at radius 2 is 1.84 bits per heavy atom. The molecule has 108 valence electrons. The Bertz CT molecular complexity index is 315. The predicted octanol–water partition coefficient (Wildman–Crippen LogP) is 2.60. The highest BCUT2D eigenvalue weighted by Gasteiger charge is 2.34. The van der Waals surface area contributed by atoms with Crippen LogP contribution in [0.3, 0.4) is 0 Å². The first-order valence-corrected chi connectivity index (χ1v) is 8.28. The van der Waals surface area contributed by atoms with Crippen LogP contribution in [0.5, 0.6) is 0 Å². The highest BCUT2D eigenvalue weighted by molar-refractivity contribution is 5.76. The van der Waals surface area contributed by atoms with Crippen molar-refractivity contribution in [2.24, 2.45) is 11.8 Å². The minimum Gasteiger partial charge on any atom is -0.353 e. The minimum absolute atomic E-state index is 0.304. The molecule has 19 heavy (non-hydrogen) atoms. The lowest BCUT2D eigenvalue weighted by atomic mass is 9.89. The van der Waals surface area contributed by atoms with E-state index in [1.807, 2.05) is 0 Å². The van der Waals surface area contributed by atoms with Gasteiger partial charge in [-0.2, -0.15) is 0 Å². The summed E-state index contributed by atoms with van der Waals surface area (Å²) in [4.78, 5) is 12.2. The fourth-order valence-corrected chi connectivity index (χ4v) is 3.97. The van der Waals surface area contributed by atoms with E-state index in [-0.39, 0.29) is 0 Å². The maximum absolute atomic E-state index is 12.2. The average molecular weight is 264 g/mol. The van der Waals surface area contributed by atoms with Crippen molar-refractivity contribution in [3.05, 3.63) is 0 Å². The van der Waals surface area contributed by atoms with Crippen molar-refractivity contribution in [2.45, 2.75) is 82.8 Å². The fourth-order valence-electron chi connectivity index (χ4n) is 3.97. The van der Waals surface area contributed by atoms with Crippen LogP contribution in [-0.4, -0.2) is 24.0 Å². The smallest absolute Gasteiger partial charge is 0.220 e. The van der Waals surface area contributed by atoms with Gasteiger partial charge in [0.2, 0.25) is 5.91 Å². The Balaban J connectivity index is 1.42. The third-order valence-corrected chi connectivity index (χ3v) is 5.22. The summed E-state index contributed by atoms with van der Waals surface area (Å²) < 4.78 is 0. The van der Waals surface area contributed by atoms with Gasteiger partial charge < -0.3 is 10.6 Å². The normalized spacial score (nSPS) is 35.1. The highest BCUT2D eigenvalue weighted by atomic mass is 16.1. The fraction of sp³-hybridized carbons (Fsp3) is 0.938. The molecule has 3 nitrogen and oxygen atoms in total. The molecule has 3 heteroatoms. The van der Waals surface area contributed by atoms with Crippen LogP contribution in [0, 0.1) is 11.8 Å². The summed E-state index contributed by atoms with van der Waals surface area (Å²) in [5, 5.41) is 6.92. The summed E-state index contributed by atoms with van der Waals surface area (Å²) >= 11 is 0. The zero-order valence-electron chi connectivity index (χ0n) is 12.2. The standard InChI is InChI=1S/C16H28N2O/c1-2-13(7-11-3-4-11)18-16(19)10-12-8-14-5-6-15(9-12)17-14/h11-15,17H,2-10H2,1H3,(H,18,19). The van der Waals surface area contributed by atoms with Gasteiger partial charge in [0.05, 0.1) is 0 Å². The van der Waals surface area contributed by atoms with Gasteiger partial charge in [0.25, 0.3) is 0 Å². The maximum Gasteiger partial charge on any atom is 0.220 e. The van der Waals surface area contributed by atoms with E-state index >= 15 is 0 Å². The maximum atomic E-state index is 12.2. The molecular weight excluding hydrogens is 236 g/mol. The van der Waals surface area contributed by atoms with Crippen LogP contribution in [0.25, 0.3) is 0 Å². The van der Waals surface area contributed by atoms with Gasteiger partial charge in [0, 0.05) is 24.5 Å². The second kappa shape index (κ2) is 5.82. The number of hydrogen-bond acceptors (Lipinski definition) is 2. The van der Waals surface area contributed by atoms with Crippen LogP contribution in [0.2, 0.25) is 0 Å². The zero-order chi connectivity index (χ0) is 13.2. The Labute approximate surface area is 116 Å². The molecular formula is C16H28N2O. The molecule has 0 aromatic heterocycles. The predicted molar refractivity (Wildman–Crippen MR) is 76.8 cm³/mol. The van der Waals surface area contributed by atoms with Crippen LogP contribution in [0.1, 0.15) is 64.7 Å². The number of rotatable bonds is 6. The van der Waals surface area contributed by atoms with Gasteiger partial charge in [-0.1, -0.05) is 19.8 Å². The summed E-state index contributed by atoms with van der Waals surface area (Å²) in [5.41, 5.74) is 0. The molecule has 3 aliphatic rings. The van der Waals surface area contributed by atoms with Crippen molar-refractivity contribution in [3.63, 3.8) is 0 Å². The quantitative estimate of drug-likeness (QED) is 0.774. The molecule has 0 spiro atoms. The number of carbonyl (C=O) groups is 1. The van der Waals surface area contributed by atoms with Crippen LogP contribution >= 0.6 is 0 Å². The van der Waals surface area contributed by atoms with E-state index in [0.29, 0.717) is 30.0 Å². The van der Waals surface area contributed by atoms with E-state index in [0.717, 1.165) is 18.8 Å². The number of piperidine rings is 1. The van der Waals surface area contributed by atoms with Crippen molar-refractivity contribution >= 4 is 5.91 Å². The lowest BCUT2D eigenvalue weighted by molar-refractivity contribution is -0.123. The molecule has 0 radical (unpaired) electrons.